The van der Waals surface area contributed by atoms with E-state index in [1.807, 2.05) is 0 Å². The highest BCUT2D eigenvalue weighted by Gasteiger charge is 2.38. The molecule has 0 saturated carbocycles. The Hall–Kier alpha value is -2.65. The first-order valence-electron chi connectivity index (χ1n) is 7.31. The van der Waals surface area contributed by atoms with Gasteiger partial charge in [0.1, 0.15) is 13.2 Å². The number of carbonyl (C=O) groups is 5. The van der Waals surface area contributed by atoms with Crippen molar-refractivity contribution in [2.45, 2.75) is 52.9 Å². The lowest BCUT2D eigenvalue weighted by atomic mass is 10.1. The topological polar surface area (TPSA) is 132 Å². The van der Waals surface area contributed by atoms with E-state index in [1.54, 1.807) is 0 Å². The first-order chi connectivity index (χ1) is 11.5. The highest BCUT2D eigenvalue weighted by atomic mass is 16.6. The second kappa shape index (κ2) is 11.0. The second-order valence-corrected chi connectivity index (χ2v) is 4.97. The molecule has 0 radical (unpaired) electrons. The van der Waals surface area contributed by atoms with Crippen molar-refractivity contribution in [1.29, 1.82) is 0 Å². The summed E-state index contributed by atoms with van der Waals surface area (Å²) in [6.07, 6.45) is -3.90. The SMILES string of the molecule is CC(=O)OC[C@H](OC(C)=O)C(OC(C)=O)[C@@H](COC(C)=O)OC(C)=O. The van der Waals surface area contributed by atoms with Crippen LogP contribution >= 0.6 is 0 Å². The number of hydrogen-bond donors (Lipinski definition) is 0. The van der Waals surface area contributed by atoms with Crippen molar-refractivity contribution >= 4 is 29.8 Å². The minimum Gasteiger partial charge on any atom is -0.462 e. The highest BCUT2D eigenvalue weighted by Crippen LogP contribution is 2.16. The molecule has 142 valence electrons. The number of esters is 5. The van der Waals surface area contributed by atoms with Gasteiger partial charge in [-0.2, -0.15) is 0 Å². The molecule has 0 fully saturated rings. The van der Waals surface area contributed by atoms with Gasteiger partial charge in [-0.1, -0.05) is 0 Å². The van der Waals surface area contributed by atoms with Gasteiger partial charge in [0.2, 0.25) is 0 Å². The van der Waals surface area contributed by atoms with Gasteiger partial charge in [0.15, 0.2) is 18.3 Å². The van der Waals surface area contributed by atoms with Crippen LogP contribution in [-0.2, 0) is 47.7 Å². The van der Waals surface area contributed by atoms with Crippen LogP contribution in [0.1, 0.15) is 34.6 Å². The van der Waals surface area contributed by atoms with E-state index >= 15 is 0 Å². The van der Waals surface area contributed by atoms with Gasteiger partial charge in [-0.05, 0) is 0 Å². The third-order valence-electron chi connectivity index (χ3n) is 2.57. The van der Waals surface area contributed by atoms with Gasteiger partial charge in [-0.3, -0.25) is 24.0 Å². The molecular formula is C15H22O10. The molecule has 10 nitrogen and oxygen atoms in total. The molecule has 25 heavy (non-hydrogen) atoms. The fraction of sp³-hybridized carbons (Fsp3) is 0.667. The van der Waals surface area contributed by atoms with Crippen LogP contribution in [0.4, 0.5) is 0 Å². The molecule has 0 amide bonds. The first kappa shape index (κ1) is 22.4. The average molecular weight is 362 g/mol. The summed E-state index contributed by atoms with van der Waals surface area (Å²) >= 11 is 0. The van der Waals surface area contributed by atoms with E-state index in [1.165, 1.54) is 0 Å². The number of ether oxygens (including phenoxy) is 5. The van der Waals surface area contributed by atoms with Crippen molar-refractivity contribution in [3.8, 4) is 0 Å². The van der Waals surface area contributed by atoms with Gasteiger partial charge in [0, 0.05) is 34.6 Å². The minimum atomic E-state index is -1.36. The Kier molecular flexibility index (Phi) is 9.83. The predicted octanol–water partition coefficient (Wildman–Crippen LogP) is -0.0923. The molecule has 0 N–H and O–H groups in total. The molecule has 3 atom stereocenters. The van der Waals surface area contributed by atoms with E-state index in [-0.39, 0.29) is 0 Å². The third-order valence-corrected chi connectivity index (χ3v) is 2.57. The lowest BCUT2D eigenvalue weighted by Crippen LogP contribution is -2.49. The molecule has 0 bridgehead atoms. The Morgan fingerprint density at radius 2 is 0.880 bits per heavy atom. The molecule has 0 rings (SSSR count). The molecule has 10 heteroatoms. The molecular weight excluding hydrogens is 340 g/mol. The smallest absolute Gasteiger partial charge is 0.303 e. The molecule has 0 aliphatic rings. The quantitative estimate of drug-likeness (QED) is 0.405. The Labute approximate surface area is 144 Å². The Morgan fingerprint density at radius 3 is 1.12 bits per heavy atom. The van der Waals surface area contributed by atoms with Gasteiger partial charge in [-0.15, -0.1) is 0 Å². The van der Waals surface area contributed by atoms with Crippen molar-refractivity contribution in [2.24, 2.45) is 0 Å². The standard InChI is InChI=1S/C15H22O10/c1-8(16)21-6-13(23-10(3)18)15(25-12(5)20)14(24-11(4)19)7-22-9(2)17/h13-15H,6-7H2,1-5H3/t13-,14+,15?. The summed E-state index contributed by atoms with van der Waals surface area (Å²) in [4.78, 5) is 56.0. The van der Waals surface area contributed by atoms with Gasteiger partial charge < -0.3 is 23.7 Å². The molecule has 0 aliphatic carbocycles. The van der Waals surface area contributed by atoms with Gasteiger partial charge in [0.05, 0.1) is 0 Å². The summed E-state index contributed by atoms with van der Waals surface area (Å²) in [5, 5.41) is 0. The summed E-state index contributed by atoms with van der Waals surface area (Å²) in [6, 6.07) is 0. The van der Waals surface area contributed by atoms with E-state index in [2.05, 4.69) is 0 Å². The van der Waals surface area contributed by atoms with Crippen molar-refractivity contribution in [1.82, 2.24) is 0 Å². The summed E-state index contributed by atoms with van der Waals surface area (Å²) < 4.78 is 24.7. The Balaban J connectivity index is 5.56. The lowest BCUT2D eigenvalue weighted by molar-refractivity contribution is -0.194. The van der Waals surface area contributed by atoms with Gasteiger partial charge >= 0.3 is 29.8 Å². The maximum atomic E-state index is 11.4. The van der Waals surface area contributed by atoms with Crippen LogP contribution in [0.15, 0.2) is 0 Å². The molecule has 0 aromatic rings. The van der Waals surface area contributed by atoms with E-state index in [0.29, 0.717) is 0 Å². The van der Waals surface area contributed by atoms with Crippen molar-refractivity contribution in [3.63, 3.8) is 0 Å². The van der Waals surface area contributed by atoms with Crippen LogP contribution in [-0.4, -0.2) is 61.4 Å². The van der Waals surface area contributed by atoms with Crippen molar-refractivity contribution < 1.29 is 47.7 Å². The fourth-order valence-electron chi connectivity index (χ4n) is 1.80. The molecule has 0 aliphatic heterocycles. The Morgan fingerprint density at radius 1 is 0.560 bits per heavy atom. The average Bonchev–Trinajstić information content (AvgIpc) is 2.44. The molecule has 1 unspecified atom stereocenters. The van der Waals surface area contributed by atoms with Gasteiger partial charge in [-0.25, -0.2) is 0 Å². The maximum absolute atomic E-state index is 11.4. The van der Waals surface area contributed by atoms with E-state index in [4.69, 9.17) is 23.7 Å². The molecule has 0 heterocycles. The first-order valence-corrected chi connectivity index (χ1v) is 7.31. The van der Waals surface area contributed by atoms with E-state index in [9.17, 15) is 24.0 Å². The monoisotopic (exact) mass is 362 g/mol. The minimum absolute atomic E-state index is 0.454. The summed E-state index contributed by atoms with van der Waals surface area (Å²) in [5.74, 6) is -3.60. The van der Waals surface area contributed by atoms with Crippen LogP contribution in [0.5, 0.6) is 0 Å². The van der Waals surface area contributed by atoms with Crippen molar-refractivity contribution in [2.75, 3.05) is 13.2 Å². The molecule has 0 saturated heterocycles. The van der Waals surface area contributed by atoms with Crippen LogP contribution in [0, 0.1) is 0 Å². The zero-order valence-corrected chi connectivity index (χ0v) is 14.7. The molecule has 0 aromatic heterocycles. The maximum Gasteiger partial charge on any atom is 0.303 e. The lowest BCUT2D eigenvalue weighted by Gasteiger charge is -2.31. The Bertz CT molecular complexity index is 474. The number of carbonyl (C=O) groups excluding carboxylic acids is 5. The second-order valence-electron chi connectivity index (χ2n) is 4.97. The summed E-state index contributed by atoms with van der Waals surface area (Å²) in [5.41, 5.74) is 0. The van der Waals surface area contributed by atoms with Crippen LogP contribution in [0.25, 0.3) is 0 Å². The zero-order chi connectivity index (χ0) is 19.6. The molecule has 0 spiro atoms. The van der Waals surface area contributed by atoms with Crippen LogP contribution in [0.3, 0.4) is 0 Å². The summed E-state index contributed by atoms with van der Waals surface area (Å²) in [6.45, 7) is 4.63. The normalized spacial score (nSPS) is 13.6. The van der Waals surface area contributed by atoms with Crippen LogP contribution < -0.4 is 0 Å². The van der Waals surface area contributed by atoms with Gasteiger partial charge in [0.25, 0.3) is 0 Å². The van der Waals surface area contributed by atoms with Crippen LogP contribution in [0.2, 0.25) is 0 Å². The summed E-state index contributed by atoms with van der Waals surface area (Å²) in [7, 11) is 0. The van der Waals surface area contributed by atoms with Crippen molar-refractivity contribution in [3.05, 3.63) is 0 Å². The van der Waals surface area contributed by atoms with E-state index in [0.717, 1.165) is 34.6 Å². The fourth-order valence-corrected chi connectivity index (χ4v) is 1.80. The predicted molar refractivity (Wildman–Crippen MR) is 79.9 cm³/mol. The highest BCUT2D eigenvalue weighted by molar-refractivity contribution is 5.69. The zero-order valence-electron chi connectivity index (χ0n) is 14.7. The largest absolute Gasteiger partial charge is 0.462 e. The van der Waals surface area contributed by atoms with E-state index < -0.39 is 61.4 Å². The molecule has 0 aromatic carbocycles. The third kappa shape index (κ3) is 10.7. The number of hydrogen-bond acceptors (Lipinski definition) is 10. The number of rotatable bonds is 9.